The van der Waals surface area contributed by atoms with Crippen LogP contribution in [-0.2, 0) is 19.1 Å². The maximum atomic E-state index is 12.9. The van der Waals surface area contributed by atoms with Gasteiger partial charge < -0.3 is 15.0 Å². The molecule has 1 unspecified atom stereocenters. The van der Waals surface area contributed by atoms with E-state index < -0.39 is 6.04 Å². The van der Waals surface area contributed by atoms with Crippen molar-refractivity contribution in [1.82, 2.24) is 10.2 Å². The Hall–Kier alpha value is -3.19. The number of likely N-dealkylation sites (tertiary alicyclic amines) is 1. The quantitative estimate of drug-likeness (QED) is 0.686. The van der Waals surface area contributed by atoms with E-state index in [9.17, 15) is 14.4 Å². The van der Waals surface area contributed by atoms with Crippen molar-refractivity contribution in [2.45, 2.75) is 18.9 Å². The van der Waals surface area contributed by atoms with Crippen LogP contribution in [-0.4, -0.2) is 49.4 Å². The number of methoxy groups -OCH3 is 1. The Kier molecular flexibility index (Phi) is 7.57. The van der Waals surface area contributed by atoms with E-state index in [1.54, 1.807) is 4.90 Å². The molecule has 30 heavy (non-hydrogen) atoms. The topological polar surface area (TPSA) is 87.7 Å². The first-order valence-electron chi connectivity index (χ1n) is 10.1. The number of rotatable bonds is 7. The number of esters is 1. The van der Waals surface area contributed by atoms with Gasteiger partial charge in [-0.2, -0.15) is 0 Å². The number of hydrogen-bond donors (Lipinski definition) is 2. The maximum absolute atomic E-state index is 12.9. The predicted octanol–water partition coefficient (Wildman–Crippen LogP) is 2.37. The molecule has 2 aromatic rings. The van der Waals surface area contributed by atoms with E-state index in [1.807, 2.05) is 60.7 Å². The molecule has 1 heterocycles. The van der Waals surface area contributed by atoms with Crippen LogP contribution in [0.15, 0.2) is 60.7 Å². The van der Waals surface area contributed by atoms with Gasteiger partial charge in [0.2, 0.25) is 11.8 Å². The van der Waals surface area contributed by atoms with Gasteiger partial charge in [0, 0.05) is 18.8 Å². The van der Waals surface area contributed by atoms with Crippen LogP contribution in [0.4, 0.5) is 5.69 Å². The third kappa shape index (κ3) is 5.67. The third-order valence-electron chi connectivity index (χ3n) is 5.28. The highest BCUT2D eigenvalue weighted by Gasteiger charge is 2.28. The van der Waals surface area contributed by atoms with Crippen molar-refractivity contribution in [2.24, 2.45) is 5.92 Å². The Balaban J connectivity index is 1.60. The van der Waals surface area contributed by atoms with Crippen LogP contribution < -0.4 is 10.6 Å². The van der Waals surface area contributed by atoms with Crippen LogP contribution in [0.5, 0.6) is 0 Å². The highest BCUT2D eigenvalue weighted by atomic mass is 16.5. The molecule has 0 saturated carbocycles. The van der Waals surface area contributed by atoms with Crippen molar-refractivity contribution >= 4 is 23.5 Å². The molecule has 3 rings (SSSR count). The molecule has 7 nitrogen and oxygen atoms in total. The Morgan fingerprint density at radius 2 is 1.60 bits per heavy atom. The summed E-state index contributed by atoms with van der Waals surface area (Å²) in [5.74, 6) is -0.695. The molecule has 1 saturated heterocycles. The first kappa shape index (κ1) is 21.5. The second-order valence-electron chi connectivity index (χ2n) is 7.26. The smallest absolute Gasteiger partial charge is 0.308 e. The number of carbonyl (C=O) groups is 3. The summed E-state index contributed by atoms with van der Waals surface area (Å²) in [5, 5.41) is 5.99. The summed E-state index contributed by atoms with van der Waals surface area (Å²) in [7, 11) is 1.38. The van der Waals surface area contributed by atoms with Gasteiger partial charge in [0.25, 0.3) is 0 Å². The van der Waals surface area contributed by atoms with E-state index in [1.165, 1.54) is 7.11 Å². The van der Waals surface area contributed by atoms with Crippen LogP contribution in [0.25, 0.3) is 0 Å². The highest BCUT2D eigenvalue weighted by molar-refractivity contribution is 5.96. The van der Waals surface area contributed by atoms with Gasteiger partial charge >= 0.3 is 5.97 Å². The molecule has 158 valence electrons. The van der Waals surface area contributed by atoms with E-state index >= 15 is 0 Å². The summed E-state index contributed by atoms with van der Waals surface area (Å²) in [6.07, 6.45) is 1.18. The zero-order valence-electron chi connectivity index (χ0n) is 17.0. The number of amides is 2. The zero-order chi connectivity index (χ0) is 21.3. The van der Waals surface area contributed by atoms with Gasteiger partial charge in [-0.3, -0.25) is 19.7 Å². The van der Waals surface area contributed by atoms with Crippen LogP contribution in [0, 0.1) is 5.92 Å². The average molecular weight is 409 g/mol. The van der Waals surface area contributed by atoms with E-state index in [-0.39, 0.29) is 30.2 Å². The van der Waals surface area contributed by atoms with Gasteiger partial charge in [0.1, 0.15) is 6.04 Å². The molecule has 2 amide bonds. The minimum absolute atomic E-state index is 0.0324. The molecule has 2 N–H and O–H groups in total. The molecule has 1 atom stereocenters. The Bertz CT molecular complexity index is 849. The standard InChI is InChI=1S/C23H27N3O4/c1-30-23(29)18-12-14-26(15-13-18)20(27)16-24-21(17-8-4-2-5-9-17)22(28)25-19-10-6-3-7-11-19/h2-11,18,21,24H,12-16H2,1H3,(H,25,28). The molecule has 2 aromatic carbocycles. The summed E-state index contributed by atoms with van der Waals surface area (Å²) in [6, 6.07) is 17.9. The Labute approximate surface area is 176 Å². The number of carbonyl (C=O) groups excluding carboxylic acids is 3. The van der Waals surface area contributed by atoms with Crippen LogP contribution >= 0.6 is 0 Å². The molecular formula is C23H27N3O4. The lowest BCUT2D eigenvalue weighted by Crippen LogP contribution is -2.46. The Morgan fingerprint density at radius 1 is 1.00 bits per heavy atom. The van der Waals surface area contributed by atoms with Gasteiger partial charge in [-0.1, -0.05) is 48.5 Å². The van der Waals surface area contributed by atoms with Gasteiger partial charge in [0.05, 0.1) is 19.6 Å². The summed E-state index contributed by atoms with van der Waals surface area (Å²) < 4.78 is 4.79. The van der Waals surface area contributed by atoms with E-state index in [2.05, 4.69) is 10.6 Å². The molecule has 1 aliphatic heterocycles. The van der Waals surface area contributed by atoms with Gasteiger partial charge in [-0.15, -0.1) is 0 Å². The Morgan fingerprint density at radius 3 is 2.20 bits per heavy atom. The van der Waals surface area contributed by atoms with Crippen LogP contribution in [0.2, 0.25) is 0 Å². The fraction of sp³-hybridized carbons (Fsp3) is 0.348. The fourth-order valence-electron chi connectivity index (χ4n) is 3.58. The summed E-state index contributed by atoms with van der Waals surface area (Å²) in [4.78, 5) is 39.0. The summed E-state index contributed by atoms with van der Waals surface area (Å²) in [6.45, 7) is 1.05. The number of para-hydroxylation sites is 1. The first-order valence-corrected chi connectivity index (χ1v) is 10.1. The molecule has 0 spiro atoms. The van der Waals surface area contributed by atoms with Crippen molar-refractivity contribution in [3.05, 3.63) is 66.2 Å². The molecule has 0 radical (unpaired) electrons. The van der Waals surface area contributed by atoms with E-state index in [4.69, 9.17) is 4.74 Å². The lowest BCUT2D eigenvalue weighted by atomic mass is 9.97. The molecule has 1 fully saturated rings. The number of nitrogens with one attached hydrogen (secondary N) is 2. The predicted molar refractivity (Wildman–Crippen MR) is 114 cm³/mol. The number of hydrogen-bond acceptors (Lipinski definition) is 5. The third-order valence-corrected chi connectivity index (χ3v) is 5.28. The lowest BCUT2D eigenvalue weighted by molar-refractivity contribution is -0.148. The SMILES string of the molecule is COC(=O)C1CCN(C(=O)CNC(C(=O)Nc2ccccc2)c2ccccc2)CC1. The lowest BCUT2D eigenvalue weighted by Gasteiger charge is -2.31. The average Bonchev–Trinajstić information content (AvgIpc) is 2.80. The van der Waals surface area contributed by atoms with Crippen molar-refractivity contribution in [1.29, 1.82) is 0 Å². The van der Waals surface area contributed by atoms with Crippen LogP contribution in [0.1, 0.15) is 24.4 Å². The number of nitrogens with zero attached hydrogens (tertiary/aromatic N) is 1. The minimum Gasteiger partial charge on any atom is -0.469 e. The summed E-state index contributed by atoms with van der Waals surface area (Å²) in [5.41, 5.74) is 1.48. The molecule has 0 aromatic heterocycles. The largest absolute Gasteiger partial charge is 0.469 e. The first-order chi connectivity index (χ1) is 14.6. The molecule has 0 aliphatic carbocycles. The molecule has 1 aliphatic rings. The van der Waals surface area contributed by atoms with Gasteiger partial charge in [-0.05, 0) is 30.5 Å². The number of ether oxygens (including phenoxy) is 1. The van der Waals surface area contributed by atoms with Crippen molar-refractivity contribution in [2.75, 3.05) is 32.1 Å². The van der Waals surface area contributed by atoms with Gasteiger partial charge in [-0.25, -0.2) is 0 Å². The second kappa shape index (κ2) is 10.5. The monoisotopic (exact) mass is 409 g/mol. The molecule has 7 heteroatoms. The summed E-state index contributed by atoms with van der Waals surface area (Å²) >= 11 is 0. The normalized spacial score (nSPS) is 15.3. The minimum atomic E-state index is -0.664. The number of benzene rings is 2. The zero-order valence-corrected chi connectivity index (χ0v) is 17.0. The number of anilines is 1. The van der Waals surface area contributed by atoms with Crippen molar-refractivity contribution < 1.29 is 19.1 Å². The molecular weight excluding hydrogens is 382 g/mol. The van der Waals surface area contributed by atoms with E-state index in [0.29, 0.717) is 31.6 Å². The second-order valence-corrected chi connectivity index (χ2v) is 7.26. The molecule has 0 bridgehead atoms. The highest BCUT2D eigenvalue weighted by Crippen LogP contribution is 2.19. The van der Waals surface area contributed by atoms with Crippen LogP contribution in [0.3, 0.4) is 0 Å². The number of piperidine rings is 1. The van der Waals surface area contributed by atoms with Gasteiger partial charge in [0.15, 0.2) is 0 Å². The van der Waals surface area contributed by atoms with E-state index in [0.717, 1.165) is 5.56 Å². The van der Waals surface area contributed by atoms with Crippen molar-refractivity contribution in [3.63, 3.8) is 0 Å². The fourth-order valence-corrected chi connectivity index (χ4v) is 3.58. The maximum Gasteiger partial charge on any atom is 0.308 e. The van der Waals surface area contributed by atoms with Crippen molar-refractivity contribution in [3.8, 4) is 0 Å².